The fourth-order valence-corrected chi connectivity index (χ4v) is 5.24. The number of nitrogens with one attached hydrogen (secondary N) is 1. The van der Waals surface area contributed by atoms with Crippen LogP contribution in [-0.4, -0.2) is 26.2 Å². The summed E-state index contributed by atoms with van der Waals surface area (Å²) in [5, 5.41) is 3.69. The molecule has 0 aliphatic carbocycles. The van der Waals surface area contributed by atoms with Gasteiger partial charge < -0.3 is 15.1 Å². The number of fused-ring (bicyclic) bond motifs is 2. The summed E-state index contributed by atoms with van der Waals surface area (Å²) in [5.41, 5.74) is 5.21. The van der Waals surface area contributed by atoms with Crippen LogP contribution < -0.4 is 15.1 Å². The van der Waals surface area contributed by atoms with Crippen molar-refractivity contribution in [3.05, 3.63) is 36.4 Å². The molecular weight excluding hydrogens is 410 g/mol. The van der Waals surface area contributed by atoms with Gasteiger partial charge in [-0.15, -0.1) is 0 Å². The lowest BCUT2D eigenvalue weighted by atomic mass is 10.2. The molecule has 3 rings (SSSR count). The zero-order valence-corrected chi connectivity index (χ0v) is 21.6. The lowest BCUT2D eigenvalue weighted by molar-refractivity contribution is 0.677. The summed E-state index contributed by atoms with van der Waals surface area (Å²) < 4.78 is 0. The second kappa shape index (κ2) is 13.0. The van der Waals surface area contributed by atoms with Crippen molar-refractivity contribution in [2.24, 2.45) is 0 Å². The van der Waals surface area contributed by atoms with Crippen LogP contribution in [0.2, 0.25) is 0 Å². The molecule has 1 aliphatic heterocycles. The summed E-state index contributed by atoms with van der Waals surface area (Å²) in [6.07, 6.45) is 9.99. The summed E-state index contributed by atoms with van der Waals surface area (Å²) in [6, 6.07) is 13.9. The molecule has 0 amide bonds. The second-order valence-corrected chi connectivity index (χ2v) is 10.1. The molecule has 0 fully saturated rings. The van der Waals surface area contributed by atoms with Crippen LogP contribution in [0.5, 0.6) is 0 Å². The van der Waals surface area contributed by atoms with Crippen molar-refractivity contribution in [2.75, 3.05) is 41.3 Å². The van der Waals surface area contributed by atoms with Gasteiger partial charge in [-0.05, 0) is 62.1 Å². The van der Waals surface area contributed by atoms with E-state index < -0.39 is 0 Å². The number of hydrogen-bond donors (Lipinski definition) is 1. The average molecular weight is 454 g/mol. The highest BCUT2D eigenvalue weighted by molar-refractivity contribution is 7.99. The maximum atomic E-state index is 3.69. The van der Waals surface area contributed by atoms with Gasteiger partial charge in [0.05, 0.1) is 11.4 Å². The summed E-state index contributed by atoms with van der Waals surface area (Å²) in [6.45, 7) is 13.7. The van der Waals surface area contributed by atoms with Crippen molar-refractivity contribution >= 4 is 34.5 Å². The molecule has 176 valence electrons. The Labute approximate surface area is 201 Å². The van der Waals surface area contributed by atoms with Crippen LogP contribution in [0, 0.1) is 0 Å². The number of nitrogens with zero attached hydrogens (tertiary/aromatic N) is 2. The van der Waals surface area contributed by atoms with Crippen LogP contribution in [0.3, 0.4) is 0 Å². The van der Waals surface area contributed by atoms with Gasteiger partial charge in [-0.3, -0.25) is 0 Å². The molecule has 0 bridgehead atoms. The van der Waals surface area contributed by atoms with Gasteiger partial charge in [0.25, 0.3) is 0 Å². The molecule has 1 heterocycles. The van der Waals surface area contributed by atoms with E-state index in [4.69, 9.17) is 0 Å². The van der Waals surface area contributed by atoms with Gasteiger partial charge in [0.1, 0.15) is 0 Å². The fourth-order valence-electron chi connectivity index (χ4n) is 4.19. The first-order chi connectivity index (χ1) is 15.7. The molecule has 0 saturated heterocycles. The van der Waals surface area contributed by atoms with Crippen LogP contribution in [-0.2, 0) is 0 Å². The highest BCUT2D eigenvalue weighted by Gasteiger charge is 2.19. The van der Waals surface area contributed by atoms with Crippen molar-refractivity contribution in [3.63, 3.8) is 0 Å². The first-order valence-corrected chi connectivity index (χ1v) is 13.7. The van der Waals surface area contributed by atoms with E-state index >= 15 is 0 Å². The normalized spacial score (nSPS) is 12.1. The molecule has 3 nitrogen and oxygen atoms in total. The van der Waals surface area contributed by atoms with Gasteiger partial charge in [0.15, 0.2) is 0 Å². The highest BCUT2D eigenvalue weighted by atomic mass is 32.2. The molecule has 0 aromatic heterocycles. The van der Waals surface area contributed by atoms with Crippen molar-refractivity contribution in [1.82, 2.24) is 0 Å². The molecule has 1 aliphatic rings. The first-order valence-electron chi connectivity index (χ1n) is 12.9. The number of benzene rings is 2. The Hall–Kier alpha value is -1.81. The molecule has 0 unspecified atom stereocenters. The minimum Gasteiger partial charge on any atom is -0.372 e. The predicted octanol–water partition coefficient (Wildman–Crippen LogP) is 8.71. The third kappa shape index (κ3) is 6.60. The van der Waals surface area contributed by atoms with Crippen LogP contribution in [0.25, 0.3) is 0 Å². The molecule has 4 heteroatoms. The molecule has 0 saturated carbocycles. The molecule has 32 heavy (non-hydrogen) atoms. The number of hydrogen-bond acceptors (Lipinski definition) is 4. The summed E-state index contributed by atoms with van der Waals surface area (Å²) in [5.74, 6) is 0. The van der Waals surface area contributed by atoms with Gasteiger partial charge >= 0.3 is 0 Å². The van der Waals surface area contributed by atoms with Gasteiger partial charge in [0.2, 0.25) is 0 Å². The quantitative estimate of drug-likeness (QED) is 0.263. The number of rotatable bonds is 14. The standard InChI is InChI=1S/C28H43N3S/c1-5-9-17-30(18-10-6-2)23-13-15-25-27(21-23)32-28-22-24(14-16-26(28)29-25)31(19-11-7-3)20-12-8-4/h13-16,21-22,29H,5-12,17-20H2,1-4H3. The largest absolute Gasteiger partial charge is 0.372 e. The SMILES string of the molecule is CCCCN(CCCC)c1ccc2c(c1)Sc1cc(N(CCCC)CCCC)ccc1N2. The van der Waals surface area contributed by atoms with Crippen molar-refractivity contribution < 1.29 is 0 Å². The number of anilines is 4. The van der Waals surface area contributed by atoms with Crippen molar-refractivity contribution in [3.8, 4) is 0 Å². The van der Waals surface area contributed by atoms with Crippen LogP contribution in [0.1, 0.15) is 79.1 Å². The molecular formula is C28H43N3S. The Morgan fingerprint density at radius 1 is 0.594 bits per heavy atom. The van der Waals surface area contributed by atoms with Crippen LogP contribution in [0.4, 0.5) is 22.7 Å². The van der Waals surface area contributed by atoms with E-state index in [-0.39, 0.29) is 0 Å². The minimum atomic E-state index is 1.15. The number of unbranched alkanes of at least 4 members (excludes halogenated alkanes) is 4. The third-order valence-electron chi connectivity index (χ3n) is 6.28. The van der Waals surface area contributed by atoms with Gasteiger partial charge in [-0.25, -0.2) is 0 Å². The lowest BCUT2D eigenvalue weighted by Crippen LogP contribution is -2.26. The Morgan fingerprint density at radius 3 is 1.31 bits per heavy atom. The van der Waals surface area contributed by atoms with Crippen molar-refractivity contribution in [1.29, 1.82) is 0 Å². The van der Waals surface area contributed by atoms with Crippen LogP contribution in [0.15, 0.2) is 46.2 Å². The van der Waals surface area contributed by atoms with Gasteiger partial charge in [0, 0.05) is 47.3 Å². The van der Waals surface area contributed by atoms with Gasteiger partial charge in [-0.2, -0.15) is 0 Å². The fraction of sp³-hybridized carbons (Fsp3) is 0.571. The van der Waals surface area contributed by atoms with E-state index in [1.807, 2.05) is 11.8 Å². The second-order valence-electron chi connectivity index (χ2n) is 8.98. The lowest BCUT2D eigenvalue weighted by Gasteiger charge is -2.29. The minimum absolute atomic E-state index is 1.15. The monoisotopic (exact) mass is 453 g/mol. The van der Waals surface area contributed by atoms with E-state index in [0.717, 1.165) is 26.2 Å². The molecule has 0 radical (unpaired) electrons. The van der Waals surface area contributed by atoms with E-state index in [0.29, 0.717) is 0 Å². The summed E-state index contributed by atoms with van der Waals surface area (Å²) >= 11 is 1.93. The smallest absolute Gasteiger partial charge is 0.0527 e. The Balaban J connectivity index is 1.80. The van der Waals surface area contributed by atoms with Crippen molar-refractivity contribution in [2.45, 2.75) is 88.9 Å². The molecule has 0 spiro atoms. The maximum absolute atomic E-state index is 3.69. The zero-order valence-electron chi connectivity index (χ0n) is 20.8. The highest BCUT2D eigenvalue weighted by Crippen LogP contribution is 2.46. The Bertz CT molecular complexity index is 752. The molecule has 2 aromatic carbocycles. The zero-order chi connectivity index (χ0) is 22.8. The molecule has 1 N–H and O–H groups in total. The van der Waals surface area contributed by atoms with Gasteiger partial charge in [-0.1, -0.05) is 65.1 Å². The first kappa shape index (κ1) is 24.8. The van der Waals surface area contributed by atoms with E-state index in [1.165, 1.54) is 83.9 Å². The summed E-state index contributed by atoms with van der Waals surface area (Å²) in [7, 11) is 0. The predicted molar refractivity (Wildman–Crippen MR) is 144 cm³/mol. The van der Waals surface area contributed by atoms with E-state index in [1.54, 1.807) is 0 Å². The summed E-state index contributed by atoms with van der Waals surface area (Å²) in [4.78, 5) is 7.85. The molecule has 2 aromatic rings. The maximum Gasteiger partial charge on any atom is 0.0527 e. The third-order valence-corrected chi connectivity index (χ3v) is 7.39. The van der Waals surface area contributed by atoms with Crippen LogP contribution >= 0.6 is 11.8 Å². The average Bonchev–Trinajstić information content (AvgIpc) is 2.82. The molecule has 0 atom stereocenters. The van der Waals surface area contributed by atoms with E-state index in [2.05, 4.69) is 79.2 Å². The topological polar surface area (TPSA) is 18.5 Å². The Kier molecular flexibility index (Phi) is 10.1. The van der Waals surface area contributed by atoms with E-state index in [9.17, 15) is 0 Å². The Morgan fingerprint density at radius 2 is 0.969 bits per heavy atom.